The number of fused-ring (bicyclic) bond motifs is 1. The second kappa shape index (κ2) is 7.75. The van der Waals surface area contributed by atoms with Crippen LogP contribution in [0.1, 0.15) is 40.6 Å². The molecule has 0 radical (unpaired) electrons. The summed E-state index contributed by atoms with van der Waals surface area (Å²) in [5, 5.41) is 0. The van der Waals surface area contributed by atoms with Crippen LogP contribution in [0.2, 0.25) is 0 Å². The number of imidazole rings is 1. The van der Waals surface area contributed by atoms with Crippen LogP contribution in [0.3, 0.4) is 0 Å². The van der Waals surface area contributed by atoms with Crippen molar-refractivity contribution in [3.8, 4) is 11.5 Å². The van der Waals surface area contributed by atoms with Gasteiger partial charge in [-0.25, -0.2) is 4.57 Å². The maximum absolute atomic E-state index is 6.47. The molecule has 0 bridgehead atoms. The first kappa shape index (κ1) is 19.3. The lowest BCUT2D eigenvalue weighted by Crippen LogP contribution is -2.23. The van der Waals surface area contributed by atoms with E-state index in [9.17, 15) is 0 Å². The average molecular weight is 386 g/mol. The van der Waals surface area contributed by atoms with Crippen LogP contribution < -0.4 is 9.14 Å². The number of hydrogen-bond donors (Lipinski definition) is 0. The second-order valence-electron chi connectivity index (χ2n) is 7.88. The van der Waals surface area contributed by atoms with Crippen molar-refractivity contribution in [1.29, 1.82) is 0 Å². The average Bonchev–Trinajstić information content (AvgIpc) is 2.93. The van der Waals surface area contributed by atoms with Gasteiger partial charge in [-0.1, -0.05) is 54.4 Å². The minimum atomic E-state index is 0.821. The van der Waals surface area contributed by atoms with Crippen molar-refractivity contribution in [2.24, 2.45) is 0 Å². The monoisotopic (exact) mass is 385 g/mol. The van der Waals surface area contributed by atoms with Gasteiger partial charge in [-0.2, -0.15) is 4.40 Å². The zero-order chi connectivity index (χ0) is 20.5. The van der Waals surface area contributed by atoms with Gasteiger partial charge in [0.1, 0.15) is 23.7 Å². The van der Waals surface area contributed by atoms with E-state index in [1.807, 2.05) is 6.07 Å². The summed E-state index contributed by atoms with van der Waals surface area (Å²) in [7, 11) is 0. The molecule has 0 aliphatic carbocycles. The minimum Gasteiger partial charge on any atom is -0.448 e. The molecule has 0 N–H and O–H groups in total. The van der Waals surface area contributed by atoms with Crippen molar-refractivity contribution < 1.29 is 9.14 Å². The van der Waals surface area contributed by atoms with Crippen LogP contribution in [0, 0.1) is 27.7 Å². The number of aryl methyl sites for hydroxylation is 4. The molecule has 2 heterocycles. The van der Waals surface area contributed by atoms with Crippen LogP contribution in [0.15, 0.2) is 60.8 Å². The van der Waals surface area contributed by atoms with E-state index in [0.29, 0.717) is 0 Å². The fourth-order valence-corrected chi connectivity index (χ4v) is 4.17. The predicted octanol–water partition coefficient (Wildman–Crippen LogP) is 5.86. The lowest BCUT2D eigenvalue weighted by molar-refractivity contribution is -0.518. The Kier molecular flexibility index (Phi) is 5.14. The molecule has 0 aliphatic heterocycles. The maximum atomic E-state index is 6.47. The number of pyridine rings is 1. The van der Waals surface area contributed by atoms with E-state index in [4.69, 9.17) is 4.74 Å². The topological polar surface area (TPSA) is 18.3 Å². The van der Waals surface area contributed by atoms with Crippen LogP contribution in [0.25, 0.3) is 5.65 Å². The molecule has 0 fully saturated rings. The molecule has 3 nitrogen and oxygen atoms in total. The van der Waals surface area contributed by atoms with Crippen molar-refractivity contribution in [3.05, 3.63) is 94.4 Å². The summed E-state index contributed by atoms with van der Waals surface area (Å²) in [5.74, 6) is 1.81. The Morgan fingerprint density at radius 1 is 0.862 bits per heavy atom. The number of aromatic nitrogens is 2. The number of nitrogens with zero attached hydrogens (tertiary/aromatic N) is 2. The van der Waals surface area contributed by atoms with Gasteiger partial charge in [0, 0.05) is 13.8 Å². The van der Waals surface area contributed by atoms with Crippen molar-refractivity contribution in [2.75, 3.05) is 0 Å². The number of ether oxygens (including phenoxy) is 1. The first-order chi connectivity index (χ1) is 14.0. The van der Waals surface area contributed by atoms with Crippen LogP contribution in [-0.2, 0) is 13.0 Å². The van der Waals surface area contributed by atoms with E-state index in [-0.39, 0.29) is 0 Å². The normalized spacial score (nSPS) is 11.2. The molecule has 0 aliphatic rings. The number of hydrogen-bond acceptors (Lipinski definition) is 1. The molecule has 0 spiro atoms. The van der Waals surface area contributed by atoms with Gasteiger partial charge in [0.15, 0.2) is 0 Å². The van der Waals surface area contributed by atoms with E-state index in [1.54, 1.807) is 0 Å². The van der Waals surface area contributed by atoms with E-state index in [0.717, 1.165) is 30.1 Å². The van der Waals surface area contributed by atoms with Crippen LogP contribution in [0.5, 0.6) is 11.5 Å². The molecule has 0 saturated heterocycles. The third-order valence-electron chi connectivity index (χ3n) is 5.67. The number of rotatable bonds is 5. The van der Waals surface area contributed by atoms with E-state index < -0.39 is 0 Å². The quantitative estimate of drug-likeness (QED) is 0.393. The minimum absolute atomic E-state index is 0.821. The number of benzene rings is 2. The molecule has 4 rings (SSSR count). The fraction of sp³-hybridized carbons (Fsp3) is 0.269. The molecular formula is C26H29N2O+. The smallest absolute Gasteiger partial charge is 0.330 e. The molecule has 0 atom stereocenters. The van der Waals surface area contributed by atoms with E-state index >= 15 is 0 Å². The van der Waals surface area contributed by atoms with Gasteiger partial charge in [-0.3, -0.25) is 0 Å². The molecule has 2 aromatic heterocycles. The third-order valence-corrected chi connectivity index (χ3v) is 5.67. The molecule has 148 valence electrons. The summed E-state index contributed by atoms with van der Waals surface area (Å²) in [4.78, 5) is 0. The van der Waals surface area contributed by atoms with Crippen molar-refractivity contribution >= 4 is 5.65 Å². The molecule has 0 unspecified atom stereocenters. The highest BCUT2D eigenvalue weighted by Gasteiger charge is 2.24. The highest BCUT2D eigenvalue weighted by atomic mass is 16.5. The third kappa shape index (κ3) is 3.65. The Labute approximate surface area is 173 Å². The van der Waals surface area contributed by atoms with Gasteiger partial charge in [-0.05, 0) is 49.6 Å². The zero-order valence-corrected chi connectivity index (χ0v) is 18.0. The molecule has 2 aromatic carbocycles. The Morgan fingerprint density at radius 3 is 2.28 bits per heavy atom. The van der Waals surface area contributed by atoms with E-state index in [2.05, 4.69) is 98.3 Å². The van der Waals surface area contributed by atoms with Crippen molar-refractivity contribution in [1.82, 2.24) is 4.57 Å². The Hall–Kier alpha value is -3.07. The van der Waals surface area contributed by atoms with Gasteiger partial charge in [0.25, 0.3) is 0 Å². The second-order valence-corrected chi connectivity index (χ2v) is 7.88. The highest BCUT2D eigenvalue weighted by molar-refractivity contribution is 5.53. The standard InChI is InChI=1S/C26H29N2O/c1-6-23-10-7-8-11-24(23)29-25-12-9-13-27-20(4)21(5)28(26(25)27)17-22-15-18(2)14-19(3)16-22/h7-16H,6,17H2,1-5H3/q+1. The van der Waals surface area contributed by atoms with Gasteiger partial charge in [0.05, 0.1) is 6.20 Å². The molecular weight excluding hydrogens is 356 g/mol. The fourth-order valence-electron chi connectivity index (χ4n) is 4.17. The van der Waals surface area contributed by atoms with Gasteiger partial charge in [-0.15, -0.1) is 0 Å². The van der Waals surface area contributed by atoms with Crippen LogP contribution in [-0.4, -0.2) is 4.57 Å². The maximum Gasteiger partial charge on any atom is 0.330 e. The van der Waals surface area contributed by atoms with Crippen LogP contribution >= 0.6 is 0 Å². The Balaban J connectivity index is 1.85. The first-order valence-electron chi connectivity index (χ1n) is 10.3. The highest BCUT2D eigenvalue weighted by Crippen LogP contribution is 2.29. The Bertz CT molecular complexity index is 1170. The predicted molar refractivity (Wildman–Crippen MR) is 118 cm³/mol. The molecule has 0 amide bonds. The lowest BCUT2D eigenvalue weighted by Gasteiger charge is -2.10. The summed E-state index contributed by atoms with van der Waals surface area (Å²) in [6.45, 7) is 11.7. The zero-order valence-electron chi connectivity index (χ0n) is 18.0. The molecule has 3 heteroatoms. The molecule has 29 heavy (non-hydrogen) atoms. The SMILES string of the molecule is CCc1ccccc1Oc1ccc[n+]2c(C)c(C)n(Cc3cc(C)cc(C)c3)c12. The van der Waals surface area contributed by atoms with Crippen molar-refractivity contribution in [3.63, 3.8) is 0 Å². The summed E-state index contributed by atoms with van der Waals surface area (Å²) in [5.41, 5.74) is 8.70. The van der Waals surface area contributed by atoms with Gasteiger partial charge < -0.3 is 4.74 Å². The lowest BCUT2D eigenvalue weighted by atomic mass is 10.1. The summed E-state index contributed by atoms with van der Waals surface area (Å²) < 4.78 is 11.1. The summed E-state index contributed by atoms with van der Waals surface area (Å²) >= 11 is 0. The molecule has 4 aromatic rings. The van der Waals surface area contributed by atoms with Gasteiger partial charge in [0.2, 0.25) is 5.75 Å². The first-order valence-corrected chi connectivity index (χ1v) is 10.3. The van der Waals surface area contributed by atoms with Crippen molar-refractivity contribution in [2.45, 2.75) is 47.6 Å². The molecule has 0 saturated carbocycles. The summed E-state index contributed by atoms with van der Waals surface area (Å²) in [6, 6.07) is 19.2. The van der Waals surface area contributed by atoms with Crippen LogP contribution in [0.4, 0.5) is 0 Å². The Morgan fingerprint density at radius 2 is 1.55 bits per heavy atom. The largest absolute Gasteiger partial charge is 0.448 e. The summed E-state index contributed by atoms with van der Waals surface area (Å²) in [6.07, 6.45) is 3.06. The van der Waals surface area contributed by atoms with Gasteiger partial charge >= 0.3 is 5.65 Å². The van der Waals surface area contributed by atoms with E-state index in [1.165, 1.54) is 33.6 Å². The number of para-hydroxylation sites is 1.